The first kappa shape index (κ1) is 21.5. The van der Waals surface area contributed by atoms with Crippen LogP contribution < -0.4 is 5.30 Å². The number of aliphatic hydroxyl groups excluding tert-OH is 1. The van der Waals surface area contributed by atoms with E-state index in [4.69, 9.17) is 0 Å². The molecule has 0 atom stereocenters. The van der Waals surface area contributed by atoms with Gasteiger partial charge in [0.2, 0.25) is 0 Å². The molecule has 152 valence electrons. The molecular weight excluding hydrogens is 359 g/mol. The van der Waals surface area contributed by atoms with E-state index in [1.54, 1.807) is 5.30 Å². The highest BCUT2D eigenvalue weighted by Crippen LogP contribution is 2.46. The van der Waals surface area contributed by atoms with Gasteiger partial charge in [0.25, 0.3) is 0 Å². The first-order valence-corrected chi connectivity index (χ1v) is 12.7. The minimum Gasteiger partial charge on any atom is -0.393 e. The third kappa shape index (κ3) is 4.52. The van der Waals surface area contributed by atoms with E-state index in [0.29, 0.717) is 17.8 Å². The Hall–Kier alpha value is -1.17. The first-order chi connectivity index (χ1) is 13.3. The van der Waals surface area contributed by atoms with E-state index < -0.39 is 0 Å². The van der Waals surface area contributed by atoms with Gasteiger partial charge >= 0.3 is 0 Å². The van der Waals surface area contributed by atoms with Crippen LogP contribution in [0, 0.1) is 0 Å². The zero-order chi connectivity index (χ0) is 20.4. The Morgan fingerprint density at radius 1 is 0.821 bits per heavy atom. The minimum absolute atomic E-state index is 0.0892. The lowest BCUT2D eigenvalue weighted by Gasteiger charge is -2.30. The van der Waals surface area contributed by atoms with Gasteiger partial charge in [0, 0.05) is 0 Å². The zero-order valence-electron chi connectivity index (χ0n) is 18.5. The maximum atomic E-state index is 9.99. The maximum absolute atomic E-state index is 9.99. The van der Waals surface area contributed by atoms with Crippen LogP contribution in [-0.2, 0) is 0 Å². The second-order valence-electron chi connectivity index (χ2n) is 9.27. The van der Waals surface area contributed by atoms with Crippen molar-refractivity contribution in [3.05, 3.63) is 53.1 Å². The zero-order valence-corrected chi connectivity index (χ0v) is 19.4. The van der Waals surface area contributed by atoms with Gasteiger partial charge in [0.05, 0.1) is 6.10 Å². The molecule has 2 aromatic carbocycles. The van der Waals surface area contributed by atoms with E-state index in [9.17, 15) is 5.11 Å². The fourth-order valence-corrected chi connectivity index (χ4v) is 7.08. The molecule has 0 aromatic heterocycles. The van der Waals surface area contributed by atoms with Crippen molar-refractivity contribution in [2.75, 3.05) is 12.3 Å². The Kier molecular flexibility index (Phi) is 7.00. The van der Waals surface area contributed by atoms with Crippen LogP contribution in [0.5, 0.6) is 0 Å². The SMILES string of the molecule is CC(C)c1cc(C(C)C)c(-c2ccccc2P2CCC(O)CC2)c(C(C)C)c1. The van der Waals surface area contributed by atoms with Crippen LogP contribution in [0.3, 0.4) is 0 Å². The van der Waals surface area contributed by atoms with E-state index >= 15 is 0 Å². The minimum atomic E-state index is -0.181. The van der Waals surface area contributed by atoms with Crippen LogP contribution in [0.2, 0.25) is 0 Å². The van der Waals surface area contributed by atoms with Gasteiger partial charge in [-0.2, -0.15) is 0 Å². The molecule has 1 N–H and O–H groups in total. The van der Waals surface area contributed by atoms with Crippen molar-refractivity contribution in [1.82, 2.24) is 0 Å². The van der Waals surface area contributed by atoms with Crippen LogP contribution in [0.15, 0.2) is 36.4 Å². The van der Waals surface area contributed by atoms with E-state index in [-0.39, 0.29) is 14.0 Å². The van der Waals surface area contributed by atoms with Crippen molar-refractivity contribution in [2.45, 2.75) is 78.2 Å². The van der Waals surface area contributed by atoms with Crippen molar-refractivity contribution < 1.29 is 5.11 Å². The summed E-state index contributed by atoms with van der Waals surface area (Å²) >= 11 is 0. The first-order valence-electron chi connectivity index (χ1n) is 11.0. The van der Waals surface area contributed by atoms with Gasteiger partial charge in [0.1, 0.15) is 0 Å². The second-order valence-corrected chi connectivity index (χ2v) is 11.7. The van der Waals surface area contributed by atoms with Gasteiger partial charge in [-0.15, -0.1) is 0 Å². The van der Waals surface area contributed by atoms with Crippen LogP contribution in [-0.4, -0.2) is 23.5 Å². The maximum Gasteiger partial charge on any atom is 0.0547 e. The number of aliphatic hydroxyl groups is 1. The summed E-state index contributed by atoms with van der Waals surface area (Å²) in [4.78, 5) is 0. The van der Waals surface area contributed by atoms with Crippen LogP contribution in [0.1, 0.15) is 88.8 Å². The molecule has 0 saturated carbocycles. The molecule has 1 nitrogen and oxygen atoms in total. The molecule has 1 fully saturated rings. The third-order valence-corrected chi connectivity index (χ3v) is 8.78. The Labute approximate surface area is 173 Å². The van der Waals surface area contributed by atoms with Gasteiger partial charge in [-0.05, 0) is 76.0 Å². The molecule has 1 aliphatic heterocycles. The van der Waals surface area contributed by atoms with Crippen LogP contribution >= 0.6 is 7.92 Å². The van der Waals surface area contributed by atoms with Gasteiger partial charge in [0.15, 0.2) is 0 Å². The summed E-state index contributed by atoms with van der Waals surface area (Å²) in [5.41, 5.74) is 7.38. The Bertz CT molecular complexity index is 769. The summed E-state index contributed by atoms with van der Waals surface area (Å²) < 4.78 is 0. The normalized spacial score (nSPS) is 20.4. The number of benzene rings is 2. The number of rotatable bonds is 5. The topological polar surface area (TPSA) is 20.2 Å². The third-order valence-electron chi connectivity index (χ3n) is 6.11. The van der Waals surface area contributed by atoms with Crippen LogP contribution in [0.4, 0.5) is 0 Å². The average molecular weight is 397 g/mol. The smallest absolute Gasteiger partial charge is 0.0547 e. The molecule has 3 rings (SSSR count). The lowest BCUT2D eigenvalue weighted by atomic mass is 9.82. The van der Waals surface area contributed by atoms with Gasteiger partial charge in [-0.1, -0.05) is 85.9 Å². The monoisotopic (exact) mass is 396 g/mol. The van der Waals surface area contributed by atoms with Crippen molar-refractivity contribution in [3.63, 3.8) is 0 Å². The Morgan fingerprint density at radius 2 is 1.36 bits per heavy atom. The fraction of sp³-hybridized carbons (Fsp3) is 0.538. The predicted molar refractivity (Wildman–Crippen MR) is 126 cm³/mol. The van der Waals surface area contributed by atoms with Crippen LogP contribution in [0.25, 0.3) is 11.1 Å². The molecule has 28 heavy (non-hydrogen) atoms. The fourth-order valence-electron chi connectivity index (χ4n) is 4.33. The quantitative estimate of drug-likeness (QED) is 0.540. The lowest BCUT2D eigenvalue weighted by Crippen LogP contribution is -2.22. The molecule has 2 aromatic rings. The Balaban J connectivity index is 2.21. The molecule has 1 aliphatic rings. The second kappa shape index (κ2) is 9.10. The molecule has 0 spiro atoms. The largest absolute Gasteiger partial charge is 0.393 e. The van der Waals surface area contributed by atoms with Crippen molar-refractivity contribution >= 4 is 13.2 Å². The summed E-state index contributed by atoms with van der Waals surface area (Å²) in [6.07, 6.45) is 4.14. The molecule has 0 radical (unpaired) electrons. The molecule has 0 amide bonds. The molecule has 0 bridgehead atoms. The predicted octanol–water partition coefficient (Wildman–Crippen LogP) is 6.99. The summed E-state index contributed by atoms with van der Waals surface area (Å²) in [7, 11) is -0.181. The highest BCUT2D eigenvalue weighted by molar-refractivity contribution is 7.66. The number of hydrogen-bond acceptors (Lipinski definition) is 1. The van der Waals surface area contributed by atoms with E-state index in [1.165, 1.54) is 27.8 Å². The summed E-state index contributed by atoms with van der Waals surface area (Å²) in [5.74, 6) is 1.55. The van der Waals surface area contributed by atoms with Gasteiger partial charge in [-0.3, -0.25) is 0 Å². The Morgan fingerprint density at radius 3 is 1.86 bits per heavy atom. The highest BCUT2D eigenvalue weighted by atomic mass is 31.1. The van der Waals surface area contributed by atoms with Crippen molar-refractivity contribution in [2.24, 2.45) is 0 Å². The summed E-state index contributed by atoms with van der Waals surface area (Å²) in [6, 6.07) is 14.1. The lowest BCUT2D eigenvalue weighted by molar-refractivity contribution is 0.165. The average Bonchev–Trinajstić information content (AvgIpc) is 2.67. The molecule has 1 heterocycles. The molecule has 2 heteroatoms. The van der Waals surface area contributed by atoms with E-state index in [2.05, 4.69) is 77.9 Å². The highest BCUT2D eigenvalue weighted by Gasteiger charge is 2.25. The summed E-state index contributed by atoms with van der Waals surface area (Å²) in [6.45, 7) is 13.9. The molecular formula is C26H37OP. The summed E-state index contributed by atoms with van der Waals surface area (Å²) in [5, 5.41) is 11.5. The van der Waals surface area contributed by atoms with E-state index in [1.807, 2.05) is 0 Å². The molecule has 0 aliphatic carbocycles. The molecule has 1 saturated heterocycles. The standard InChI is InChI=1S/C26H37OP/c1-17(2)20-15-23(18(3)4)26(24(16-20)19(5)6)22-9-7-8-10-25(22)28-13-11-21(27)12-14-28/h7-10,15-19,21,27H,11-14H2,1-6H3. The van der Waals surface area contributed by atoms with E-state index in [0.717, 1.165) is 25.2 Å². The van der Waals surface area contributed by atoms with Crippen molar-refractivity contribution in [1.29, 1.82) is 0 Å². The number of hydrogen-bond donors (Lipinski definition) is 1. The molecule has 0 unspecified atom stereocenters. The van der Waals surface area contributed by atoms with Gasteiger partial charge in [-0.25, -0.2) is 0 Å². The van der Waals surface area contributed by atoms with Gasteiger partial charge < -0.3 is 5.11 Å². The van der Waals surface area contributed by atoms with Crippen molar-refractivity contribution in [3.8, 4) is 11.1 Å².